The lowest BCUT2D eigenvalue weighted by molar-refractivity contribution is 0.0484. The quantitative estimate of drug-likeness (QED) is 0.0513. The molecule has 0 N–H and O–H groups in total. The Morgan fingerprint density at radius 2 is 0.560 bits per heavy atom. The minimum absolute atomic E-state index is 0.335. The van der Waals surface area contributed by atoms with Crippen LogP contribution in [0.2, 0.25) is 0 Å². The molecule has 0 spiro atoms. The number of ether oxygens (including phenoxy) is 2. The molecule has 0 aliphatic heterocycles. The van der Waals surface area contributed by atoms with Gasteiger partial charge in [-0.2, -0.15) is 10.2 Å². The predicted molar refractivity (Wildman–Crippen MR) is 343 cm³/mol. The molecular weight excluding hydrogens is 1030 g/mol. The largest absolute Gasteiger partial charge is 0.462 e. The van der Waals surface area contributed by atoms with Crippen LogP contribution in [0.5, 0.6) is 0 Å². The highest BCUT2D eigenvalue weighted by molar-refractivity contribution is 6.26. The fourth-order valence-corrected chi connectivity index (χ4v) is 11.9. The summed E-state index contributed by atoms with van der Waals surface area (Å²) in [5.74, 6) is -0.670. The maximum absolute atomic E-state index is 13.6. The summed E-state index contributed by atoms with van der Waals surface area (Å²) in [7, 11) is 0. The SMILES string of the molecule is O=C(OCCCCCCCCOC(=O)c1ccc2c(c1)-c1ccccc1C2=NN(c1ccc2ccccc2c1)c1ccc2ccccc2c1)c1ccc2c(c1)-c1ccccc1C2=NN(c1ccc2ccccc2c1)c1ccc2ccccc2c1. The third-order valence-corrected chi connectivity index (χ3v) is 16.3. The van der Waals surface area contributed by atoms with Gasteiger partial charge in [-0.3, -0.25) is 0 Å². The predicted octanol–water partition coefficient (Wildman–Crippen LogP) is 18.8. The molecule has 406 valence electrons. The first-order valence-electron chi connectivity index (χ1n) is 29.0. The van der Waals surface area contributed by atoms with Crippen molar-refractivity contribution in [2.75, 3.05) is 23.2 Å². The zero-order valence-electron chi connectivity index (χ0n) is 46.3. The first-order valence-corrected chi connectivity index (χ1v) is 29.0. The normalized spacial score (nSPS) is 13.0. The van der Waals surface area contributed by atoms with Crippen molar-refractivity contribution in [3.63, 3.8) is 0 Å². The second-order valence-electron chi connectivity index (χ2n) is 21.7. The molecule has 12 aromatic rings. The Morgan fingerprint density at radius 3 is 0.905 bits per heavy atom. The summed E-state index contributed by atoms with van der Waals surface area (Å²) in [5.41, 5.74) is 14.4. The lowest BCUT2D eigenvalue weighted by atomic mass is 10.0. The number of hydrogen-bond donors (Lipinski definition) is 0. The molecule has 0 bridgehead atoms. The molecule has 0 unspecified atom stereocenters. The number of fused-ring (bicyclic) bond motifs is 10. The third kappa shape index (κ3) is 10.2. The van der Waals surface area contributed by atoms with Crippen LogP contribution in [0.25, 0.3) is 65.3 Å². The van der Waals surface area contributed by atoms with Gasteiger partial charge in [0, 0.05) is 22.3 Å². The second-order valence-corrected chi connectivity index (χ2v) is 21.7. The van der Waals surface area contributed by atoms with Crippen LogP contribution in [0, 0.1) is 0 Å². The van der Waals surface area contributed by atoms with Gasteiger partial charge in [0.25, 0.3) is 0 Å². The first kappa shape index (κ1) is 51.7. The zero-order valence-corrected chi connectivity index (χ0v) is 46.3. The van der Waals surface area contributed by atoms with Crippen molar-refractivity contribution in [2.45, 2.75) is 38.5 Å². The number of hydrogen-bond acceptors (Lipinski definition) is 8. The third-order valence-electron chi connectivity index (χ3n) is 16.3. The standard InChI is InChI=1S/C76H58N4O4/c81-75(59-35-41-69-71(49-59)65-27-13-15-29-67(65)73(69)77-79(61-37-31-51-19-5-9-23-55(51)45-61)62-38-32-52-20-6-10-24-56(52)46-62)83-43-17-3-1-2-4-18-44-84-76(82)60-36-42-70-72(50-60)66-28-14-16-30-68(66)74(70)78-80(63-39-33-53-21-7-11-25-57(53)47-63)64-40-34-54-22-8-12-26-58(54)48-64/h5-16,19-42,45-50H,1-4,17-18,43-44H2. The molecule has 0 saturated carbocycles. The van der Waals surface area contributed by atoms with Gasteiger partial charge in [0.2, 0.25) is 0 Å². The number of esters is 2. The van der Waals surface area contributed by atoms with E-state index in [1.165, 1.54) is 0 Å². The van der Waals surface area contributed by atoms with Crippen molar-refractivity contribution in [3.8, 4) is 22.3 Å². The molecule has 0 aromatic heterocycles. The van der Waals surface area contributed by atoms with Gasteiger partial charge in [-0.25, -0.2) is 19.6 Å². The molecule has 8 heteroatoms. The minimum atomic E-state index is -0.335. The van der Waals surface area contributed by atoms with E-state index in [2.05, 4.69) is 194 Å². The molecule has 14 rings (SSSR count). The van der Waals surface area contributed by atoms with Gasteiger partial charge in [-0.1, -0.05) is 208 Å². The molecule has 0 amide bonds. The minimum Gasteiger partial charge on any atom is -0.462 e. The number of unbranched alkanes of at least 4 members (excludes halogenated alkanes) is 5. The average Bonchev–Trinajstić information content (AvgIpc) is 3.03. The highest BCUT2D eigenvalue weighted by Gasteiger charge is 2.30. The monoisotopic (exact) mass is 1090 g/mol. The summed E-state index contributed by atoms with van der Waals surface area (Å²) < 4.78 is 11.7. The van der Waals surface area contributed by atoms with Crippen LogP contribution in [0.1, 0.15) is 81.5 Å². The van der Waals surface area contributed by atoms with Crippen molar-refractivity contribution in [1.29, 1.82) is 0 Å². The van der Waals surface area contributed by atoms with Crippen molar-refractivity contribution < 1.29 is 19.1 Å². The molecule has 0 saturated heterocycles. The topological polar surface area (TPSA) is 83.8 Å². The van der Waals surface area contributed by atoms with Crippen LogP contribution in [0.15, 0.2) is 265 Å². The van der Waals surface area contributed by atoms with Crippen LogP contribution in [0.4, 0.5) is 22.7 Å². The van der Waals surface area contributed by atoms with E-state index in [0.717, 1.165) is 160 Å². The van der Waals surface area contributed by atoms with E-state index >= 15 is 0 Å². The Kier molecular flexibility index (Phi) is 14.1. The Bertz CT molecular complexity index is 4150. The highest BCUT2D eigenvalue weighted by Crippen LogP contribution is 2.42. The van der Waals surface area contributed by atoms with Gasteiger partial charge >= 0.3 is 11.9 Å². The summed E-state index contributed by atoms with van der Waals surface area (Å²) in [5, 5.41) is 24.2. The van der Waals surface area contributed by atoms with Gasteiger partial charge in [0.15, 0.2) is 0 Å². The van der Waals surface area contributed by atoms with E-state index in [1.807, 2.05) is 70.7 Å². The summed E-state index contributed by atoms with van der Waals surface area (Å²) in [6.07, 6.45) is 5.38. The molecule has 0 atom stereocenters. The van der Waals surface area contributed by atoms with E-state index in [0.29, 0.717) is 24.3 Å². The smallest absolute Gasteiger partial charge is 0.338 e. The Hall–Kier alpha value is -10.4. The summed E-state index contributed by atoms with van der Waals surface area (Å²) in [6.45, 7) is 0.685. The van der Waals surface area contributed by atoms with E-state index < -0.39 is 0 Å². The maximum atomic E-state index is 13.6. The molecule has 84 heavy (non-hydrogen) atoms. The summed E-state index contributed by atoms with van der Waals surface area (Å²) in [6, 6.07) is 87.5. The Labute approximate surface area is 488 Å². The van der Waals surface area contributed by atoms with E-state index in [9.17, 15) is 9.59 Å². The molecular formula is C76H58N4O4. The number of nitrogens with zero attached hydrogens (tertiary/aromatic N) is 4. The van der Waals surface area contributed by atoms with Crippen LogP contribution < -0.4 is 10.0 Å². The van der Waals surface area contributed by atoms with Gasteiger partial charge in [0.05, 0.1) is 58.5 Å². The fourth-order valence-electron chi connectivity index (χ4n) is 11.9. The number of anilines is 4. The Morgan fingerprint density at radius 1 is 0.274 bits per heavy atom. The molecule has 8 nitrogen and oxygen atoms in total. The average molecular weight is 1090 g/mol. The van der Waals surface area contributed by atoms with Crippen LogP contribution >= 0.6 is 0 Å². The lowest BCUT2D eigenvalue weighted by Crippen LogP contribution is -2.14. The molecule has 12 aromatic carbocycles. The van der Waals surface area contributed by atoms with Gasteiger partial charge in [-0.05, 0) is 151 Å². The number of carbonyl (C=O) groups excluding carboxylic acids is 2. The van der Waals surface area contributed by atoms with Crippen LogP contribution in [-0.2, 0) is 9.47 Å². The maximum Gasteiger partial charge on any atom is 0.338 e. The highest BCUT2D eigenvalue weighted by atomic mass is 16.5. The van der Waals surface area contributed by atoms with Crippen molar-refractivity contribution in [3.05, 3.63) is 288 Å². The number of rotatable bonds is 17. The van der Waals surface area contributed by atoms with Gasteiger partial charge < -0.3 is 9.47 Å². The number of carbonyl (C=O) groups is 2. The zero-order chi connectivity index (χ0) is 56.3. The number of hydrazone groups is 2. The molecule has 0 heterocycles. The molecule has 2 aliphatic rings. The van der Waals surface area contributed by atoms with Gasteiger partial charge in [0.1, 0.15) is 0 Å². The summed E-state index contributed by atoms with van der Waals surface area (Å²) in [4.78, 5) is 27.2. The van der Waals surface area contributed by atoms with Crippen LogP contribution in [0.3, 0.4) is 0 Å². The second kappa shape index (κ2) is 22.8. The lowest BCUT2D eigenvalue weighted by Gasteiger charge is -2.22. The van der Waals surface area contributed by atoms with Crippen molar-refractivity contribution in [2.24, 2.45) is 10.2 Å². The number of benzene rings is 12. The molecule has 2 aliphatic carbocycles. The van der Waals surface area contributed by atoms with Crippen molar-refractivity contribution in [1.82, 2.24) is 0 Å². The van der Waals surface area contributed by atoms with E-state index in [4.69, 9.17) is 19.7 Å². The van der Waals surface area contributed by atoms with E-state index in [-0.39, 0.29) is 11.9 Å². The molecule has 0 radical (unpaired) electrons. The fraction of sp³-hybridized carbons (Fsp3) is 0.105. The first-order chi connectivity index (χ1) is 41.5. The van der Waals surface area contributed by atoms with E-state index in [1.54, 1.807) is 0 Å². The van der Waals surface area contributed by atoms with Crippen LogP contribution in [-0.4, -0.2) is 36.6 Å². The summed E-state index contributed by atoms with van der Waals surface area (Å²) >= 11 is 0. The van der Waals surface area contributed by atoms with Crippen molar-refractivity contribution >= 4 is 89.2 Å². The van der Waals surface area contributed by atoms with Gasteiger partial charge in [-0.15, -0.1) is 0 Å². The molecule has 0 fully saturated rings. The Balaban J connectivity index is 0.589.